The summed E-state index contributed by atoms with van der Waals surface area (Å²) in [4.78, 5) is 2.10. The number of nitrogens with one attached hydrogen (secondary N) is 2. The molecule has 1 aromatic carbocycles. The molecular weight excluding hydrogens is 212 g/mol. The molecule has 1 aliphatic heterocycles. The van der Waals surface area contributed by atoms with Crippen molar-refractivity contribution in [2.24, 2.45) is 0 Å². The molecule has 88 valence electrons. The SMILES string of the molecule is CN(C)c1ccc(-c2[nH]nc3c2CCN3)cc1. The van der Waals surface area contributed by atoms with Gasteiger partial charge in [0.15, 0.2) is 5.82 Å². The van der Waals surface area contributed by atoms with Crippen LogP contribution in [-0.4, -0.2) is 30.8 Å². The van der Waals surface area contributed by atoms with E-state index in [1.54, 1.807) is 0 Å². The fourth-order valence-corrected chi connectivity index (χ4v) is 2.23. The Labute approximate surface area is 101 Å². The van der Waals surface area contributed by atoms with Gasteiger partial charge < -0.3 is 10.2 Å². The second kappa shape index (κ2) is 3.80. The maximum atomic E-state index is 4.28. The highest BCUT2D eigenvalue weighted by Gasteiger charge is 2.18. The molecule has 0 amide bonds. The van der Waals surface area contributed by atoms with E-state index in [9.17, 15) is 0 Å². The molecule has 0 unspecified atom stereocenters. The first-order chi connectivity index (χ1) is 8.25. The molecule has 4 nitrogen and oxygen atoms in total. The molecule has 2 heterocycles. The average Bonchev–Trinajstić information content (AvgIpc) is 2.90. The van der Waals surface area contributed by atoms with Gasteiger partial charge in [-0.25, -0.2) is 0 Å². The summed E-state index contributed by atoms with van der Waals surface area (Å²) in [5.41, 5.74) is 4.87. The van der Waals surface area contributed by atoms with E-state index in [2.05, 4.69) is 44.7 Å². The van der Waals surface area contributed by atoms with Crippen LogP contribution in [0.2, 0.25) is 0 Å². The Morgan fingerprint density at radius 3 is 2.65 bits per heavy atom. The molecule has 0 saturated carbocycles. The second-order valence-corrected chi connectivity index (χ2v) is 4.54. The molecule has 0 atom stereocenters. The Balaban J connectivity index is 1.98. The van der Waals surface area contributed by atoms with E-state index in [1.807, 2.05) is 14.1 Å². The van der Waals surface area contributed by atoms with Crippen molar-refractivity contribution in [2.45, 2.75) is 6.42 Å². The zero-order valence-corrected chi connectivity index (χ0v) is 10.1. The fraction of sp³-hybridized carbons (Fsp3) is 0.308. The third-order valence-electron chi connectivity index (χ3n) is 3.21. The van der Waals surface area contributed by atoms with Crippen LogP contribution in [0, 0.1) is 0 Å². The third kappa shape index (κ3) is 1.65. The summed E-state index contributed by atoms with van der Waals surface area (Å²) >= 11 is 0. The van der Waals surface area contributed by atoms with Gasteiger partial charge in [-0.2, -0.15) is 5.10 Å². The summed E-state index contributed by atoms with van der Waals surface area (Å²) in [5, 5.41) is 10.7. The molecule has 0 spiro atoms. The zero-order valence-electron chi connectivity index (χ0n) is 10.1. The van der Waals surface area contributed by atoms with E-state index >= 15 is 0 Å². The van der Waals surface area contributed by atoms with Crippen LogP contribution in [0.5, 0.6) is 0 Å². The van der Waals surface area contributed by atoms with E-state index in [0.717, 1.165) is 24.5 Å². The minimum absolute atomic E-state index is 0.995. The fourth-order valence-electron chi connectivity index (χ4n) is 2.23. The smallest absolute Gasteiger partial charge is 0.151 e. The first-order valence-electron chi connectivity index (χ1n) is 5.84. The number of rotatable bonds is 2. The van der Waals surface area contributed by atoms with Gasteiger partial charge >= 0.3 is 0 Å². The molecule has 0 fully saturated rings. The van der Waals surface area contributed by atoms with Gasteiger partial charge in [0.05, 0.1) is 5.69 Å². The van der Waals surface area contributed by atoms with Crippen LogP contribution in [0.25, 0.3) is 11.3 Å². The van der Waals surface area contributed by atoms with Gasteiger partial charge in [-0.3, -0.25) is 5.10 Å². The summed E-state index contributed by atoms with van der Waals surface area (Å²) in [6.45, 7) is 0.995. The normalized spacial score (nSPS) is 13.3. The number of fused-ring (bicyclic) bond motifs is 1. The molecular formula is C13H16N4. The van der Waals surface area contributed by atoms with Crippen molar-refractivity contribution in [3.8, 4) is 11.3 Å². The van der Waals surface area contributed by atoms with E-state index in [-0.39, 0.29) is 0 Å². The summed E-state index contributed by atoms with van der Waals surface area (Å²) in [5.74, 6) is 1.01. The number of hydrogen-bond acceptors (Lipinski definition) is 3. The highest BCUT2D eigenvalue weighted by atomic mass is 15.2. The van der Waals surface area contributed by atoms with Gasteiger partial charge in [0.2, 0.25) is 0 Å². The molecule has 1 aromatic heterocycles. The van der Waals surface area contributed by atoms with Gasteiger partial charge in [-0.05, 0) is 18.6 Å². The van der Waals surface area contributed by atoms with Crippen molar-refractivity contribution in [3.05, 3.63) is 29.8 Å². The Bertz CT molecular complexity index is 525. The van der Waals surface area contributed by atoms with E-state index in [4.69, 9.17) is 0 Å². The molecule has 1 aliphatic rings. The van der Waals surface area contributed by atoms with Crippen molar-refractivity contribution in [3.63, 3.8) is 0 Å². The van der Waals surface area contributed by atoms with E-state index < -0.39 is 0 Å². The van der Waals surface area contributed by atoms with Crippen molar-refractivity contribution in [2.75, 3.05) is 30.9 Å². The summed E-state index contributed by atoms with van der Waals surface area (Å²) < 4.78 is 0. The molecule has 3 rings (SSSR count). The number of aromatic nitrogens is 2. The van der Waals surface area contributed by atoms with Gasteiger partial charge in [-0.1, -0.05) is 12.1 Å². The van der Waals surface area contributed by atoms with E-state index in [1.165, 1.54) is 16.8 Å². The van der Waals surface area contributed by atoms with Crippen molar-refractivity contribution >= 4 is 11.5 Å². The van der Waals surface area contributed by atoms with Gasteiger partial charge in [0.1, 0.15) is 0 Å². The van der Waals surface area contributed by atoms with Crippen LogP contribution in [0.15, 0.2) is 24.3 Å². The number of benzene rings is 1. The molecule has 2 aromatic rings. The highest BCUT2D eigenvalue weighted by Crippen LogP contribution is 2.31. The number of H-pyrrole nitrogens is 1. The summed E-state index contributed by atoms with van der Waals surface area (Å²) in [6, 6.07) is 8.54. The Morgan fingerprint density at radius 2 is 1.94 bits per heavy atom. The van der Waals surface area contributed by atoms with Crippen LogP contribution in [0.4, 0.5) is 11.5 Å². The monoisotopic (exact) mass is 228 g/mol. The molecule has 4 heteroatoms. The molecule has 0 saturated heterocycles. The Kier molecular flexibility index (Phi) is 2.28. The lowest BCUT2D eigenvalue weighted by molar-refractivity contribution is 1.04. The third-order valence-corrected chi connectivity index (χ3v) is 3.21. The number of nitrogens with zero attached hydrogens (tertiary/aromatic N) is 2. The minimum atomic E-state index is 0.995. The Hall–Kier alpha value is -1.97. The topological polar surface area (TPSA) is 44.0 Å². The predicted octanol–water partition coefficient (Wildman–Crippen LogP) is 2.11. The van der Waals surface area contributed by atoms with Crippen LogP contribution < -0.4 is 10.2 Å². The van der Waals surface area contributed by atoms with Crippen molar-refractivity contribution < 1.29 is 0 Å². The van der Waals surface area contributed by atoms with Crippen LogP contribution in [-0.2, 0) is 6.42 Å². The first-order valence-corrected chi connectivity index (χ1v) is 5.84. The van der Waals surface area contributed by atoms with Crippen LogP contribution >= 0.6 is 0 Å². The largest absolute Gasteiger partial charge is 0.378 e. The van der Waals surface area contributed by atoms with Crippen LogP contribution in [0.3, 0.4) is 0 Å². The van der Waals surface area contributed by atoms with Crippen molar-refractivity contribution in [1.82, 2.24) is 10.2 Å². The highest BCUT2D eigenvalue weighted by molar-refractivity contribution is 5.72. The lowest BCUT2D eigenvalue weighted by Gasteiger charge is -2.12. The maximum Gasteiger partial charge on any atom is 0.151 e. The first kappa shape index (κ1) is 10.2. The number of anilines is 2. The van der Waals surface area contributed by atoms with Crippen molar-refractivity contribution in [1.29, 1.82) is 0 Å². The Morgan fingerprint density at radius 1 is 1.18 bits per heavy atom. The molecule has 17 heavy (non-hydrogen) atoms. The van der Waals surface area contributed by atoms with Crippen LogP contribution in [0.1, 0.15) is 5.56 Å². The maximum absolute atomic E-state index is 4.28. The van der Waals surface area contributed by atoms with E-state index in [0.29, 0.717) is 0 Å². The van der Waals surface area contributed by atoms with Gasteiger partial charge in [0.25, 0.3) is 0 Å². The minimum Gasteiger partial charge on any atom is -0.378 e. The summed E-state index contributed by atoms with van der Waals surface area (Å²) in [6.07, 6.45) is 1.05. The second-order valence-electron chi connectivity index (χ2n) is 4.54. The molecule has 2 N–H and O–H groups in total. The summed E-state index contributed by atoms with van der Waals surface area (Å²) in [7, 11) is 4.10. The number of hydrogen-bond donors (Lipinski definition) is 2. The number of aromatic amines is 1. The molecule has 0 aliphatic carbocycles. The lowest BCUT2D eigenvalue weighted by Crippen LogP contribution is -2.07. The lowest BCUT2D eigenvalue weighted by atomic mass is 10.1. The average molecular weight is 228 g/mol. The molecule has 0 bridgehead atoms. The van der Waals surface area contributed by atoms with Gasteiger partial charge in [-0.15, -0.1) is 0 Å². The van der Waals surface area contributed by atoms with Gasteiger partial charge in [0, 0.05) is 37.5 Å². The standard InChI is InChI=1S/C13H16N4/c1-17(2)10-5-3-9(4-6-10)12-11-7-8-14-13(11)16-15-12/h3-6H,7-8H2,1-2H3,(H2,14,15,16). The molecule has 0 radical (unpaired) electrons. The quantitative estimate of drug-likeness (QED) is 0.827. The predicted molar refractivity (Wildman–Crippen MR) is 70.5 cm³/mol. The zero-order chi connectivity index (χ0) is 11.8.